The van der Waals surface area contributed by atoms with Crippen molar-refractivity contribution in [3.63, 3.8) is 0 Å². The largest absolute Gasteiger partial charge is 0.262 e. The maximum absolute atomic E-state index is 12.8. The van der Waals surface area contributed by atoms with Gasteiger partial charge in [-0.25, -0.2) is 8.42 Å². The van der Waals surface area contributed by atoms with E-state index < -0.39 is 10.0 Å². The Kier molecular flexibility index (Phi) is 4.10. The zero-order valence-corrected chi connectivity index (χ0v) is 13.7. The fraction of sp³-hybridized carbons (Fsp3) is 0.267. The number of nitrogens with zero attached hydrogens (tertiary/aromatic N) is 2. The van der Waals surface area contributed by atoms with Gasteiger partial charge in [0.2, 0.25) is 10.0 Å². The van der Waals surface area contributed by atoms with Crippen LogP contribution in [0.4, 0.5) is 0 Å². The molecule has 3 rings (SSSR count). The average molecular weight is 367 g/mol. The van der Waals surface area contributed by atoms with Crippen molar-refractivity contribution in [3.05, 3.63) is 58.8 Å². The number of hydrogen-bond donors (Lipinski definition) is 0. The fourth-order valence-electron chi connectivity index (χ4n) is 2.70. The molecule has 0 radical (unpaired) electrons. The number of benzene rings is 1. The van der Waals surface area contributed by atoms with E-state index in [9.17, 15) is 8.42 Å². The predicted octanol–water partition coefficient (Wildman–Crippen LogP) is 3.37. The lowest BCUT2D eigenvalue weighted by molar-refractivity contribution is 0.396. The summed E-state index contributed by atoms with van der Waals surface area (Å²) in [5.41, 5.74) is 1.04. The third-order valence-corrected chi connectivity index (χ3v) is 5.98. The van der Waals surface area contributed by atoms with E-state index in [1.807, 2.05) is 30.3 Å². The zero-order chi connectivity index (χ0) is 14.9. The fourth-order valence-corrected chi connectivity index (χ4v) is 4.89. The molecule has 0 N–H and O–H groups in total. The van der Waals surface area contributed by atoms with Crippen LogP contribution in [0.5, 0.6) is 0 Å². The van der Waals surface area contributed by atoms with Crippen LogP contribution in [0.1, 0.15) is 24.4 Å². The number of pyridine rings is 1. The average Bonchev–Trinajstić information content (AvgIpc) is 2.98. The smallest absolute Gasteiger partial charge is 0.245 e. The SMILES string of the molecule is O=S(=O)(c1cncc(Br)c1)N1CCCC1c1ccccc1. The number of hydrogen-bond acceptors (Lipinski definition) is 3. The van der Waals surface area contributed by atoms with E-state index in [0.717, 1.165) is 18.4 Å². The van der Waals surface area contributed by atoms with Gasteiger partial charge in [-0.05, 0) is 40.4 Å². The van der Waals surface area contributed by atoms with Crippen molar-refractivity contribution in [3.8, 4) is 0 Å². The van der Waals surface area contributed by atoms with E-state index in [0.29, 0.717) is 11.0 Å². The van der Waals surface area contributed by atoms with E-state index in [1.165, 1.54) is 6.20 Å². The third-order valence-electron chi connectivity index (χ3n) is 3.67. The van der Waals surface area contributed by atoms with Crippen molar-refractivity contribution in [2.24, 2.45) is 0 Å². The Balaban J connectivity index is 1.98. The van der Waals surface area contributed by atoms with Gasteiger partial charge in [0.25, 0.3) is 0 Å². The van der Waals surface area contributed by atoms with Gasteiger partial charge < -0.3 is 0 Å². The second-order valence-electron chi connectivity index (χ2n) is 5.02. The van der Waals surface area contributed by atoms with Crippen LogP contribution >= 0.6 is 15.9 Å². The second kappa shape index (κ2) is 5.87. The summed E-state index contributed by atoms with van der Waals surface area (Å²) in [4.78, 5) is 4.20. The number of sulfonamides is 1. The molecule has 0 amide bonds. The monoisotopic (exact) mass is 366 g/mol. The third kappa shape index (κ3) is 2.88. The minimum Gasteiger partial charge on any atom is -0.262 e. The molecular formula is C15H15BrN2O2S. The number of halogens is 1. The van der Waals surface area contributed by atoms with Gasteiger partial charge in [-0.3, -0.25) is 4.98 Å². The molecular weight excluding hydrogens is 352 g/mol. The lowest BCUT2D eigenvalue weighted by atomic mass is 10.1. The zero-order valence-electron chi connectivity index (χ0n) is 11.3. The molecule has 1 atom stereocenters. The van der Waals surface area contributed by atoms with E-state index in [4.69, 9.17) is 0 Å². The van der Waals surface area contributed by atoms with Crippen LogP contribution in [0.3, 0.4) is 0 Å². The Hall–Kier alpha value is -1.24. The van der Waals surface area contributed by atoms with Crippen LogP contribution in [-0.4, -0.2) is 24.3 Å². The summed E-state index contributed by atoms with van der Waals surface area (Å²) in [5, 5.41) is 0. The molecule has 0 saturated carbocycles. The standard InChI is InChI=1S/C15H15BrN2O2S/c16-13-9-14(11-17-10-13)21(19,20)18-8-4-7-15(18)12-5-2-1-3-6-12/h1-3,5-6,9-11,15H,4,7-8H2. The number of rotatable bonds is 3. The lowest BCUT2D eigenvalue weighted by Gasteiger charge is -2.24. The quantitative estimate of drug-likeness (QED) is 0.836. The topological polar surface area (TPSA) is 50.3 Å². The normalized spacial score (nSPS) is 19.8. The summed E-state index contributed by atoms with van der Waals surface area (Å²) < 4.78 is 27.9. The van der Waals surface area contributed by atoms with E-state index in [2.05, 4.69) is 20.9 Å². The Morgan fingerprint density at radius 3 is 2.67 bits per heavy atom. The molecule has 2 heterocycles. The van der Waals surface area contributed by atoms with E-state index in [1.54, 1.807) is 16.6 Å². The van der Waals surface area contributed by atoms with Gasteiger partial charge in [-0.2, -0.15) is 4.31 Å². The summed E-state index contributed by atoms with van der Waals surface area (Å²) in [6, 6.07) is 11.3. The molecule has 1 saturated heterocycles. The highest BCUT2D eigenvalue weighted by atomic mass is 79.9. The van der Waals surface area contributed by atoms with Crippen molar-refractivity contribution in [2.75, 3.05) is 6.54 Å². The highest BCUT2D eigenvalue weighted by Gasteiger charge is 2.36. The summed E-state index contributed by atoms with van der Waals surface area (Å²) in [6.45, 7) is 0.550. The van der Waals surface area contributed by atoms with Crippen molar-refractivity contribution in [1.82, 2.24) is 9.29 Å². The molecule has 1 aromatic carbocycles. The maximum Gasteiger partial charge on any atom is 0.245 e. The molecule has 21 heavy (non-hydrogen) atoms. The van der Waals surface area contributed by atoms with E-state index >= 15 is 0 Å². The van der Waals surface area contributed by atoms with Crippen LogP contribution in [-0.2, 0) is 10.0 Å². The molecule has 0 spiro atoms. The predicted molar refractivity (Wildman–Crippen MR) is 84.2 cm³/mol. The van der Waals surface area contributed by atoms with Crippen molar-refractivity contribution in [2.45, 2.75) is 23.8 Å². The first-order chi connectivity index (χ1) is 10.1. The first kappa shape index (κ1) is 14.7. The first-order valence-electron chi connectivity index (χ1n) is 6.76. The molecule has 1 aliphatic rings. The molecule has 2 aromatic rings. The first-order valence-corrected chi connectivity index (χ1v) is 9.00. The summed E-state index contributed by atoms with van der Waals surface area (Å²) in [7, 11) is -3.52. The van der Waals surface area contributed by atoms with Crippen molar-refractivity contribution >= 4 is 26.0 Å². The van der Waals surface area contributed by atoms with Crippen molar-refractivity contribution < 1.29 is 8.42 Å². The minimum absolute atomic E-state index is 0.0878. The Bertz CT molecular complexity index is 734. The Labute approximate surface area is 133 Å². The van der Waals surface area contributed by atoms with E-state index in [-0.39, 0.29) is 10.9 Å². The van der Waals surface area contributed by atoms with Crippen LogP contribution < -0.4 is 0 Å². The van der Waals surface area contributed by atoms with Crippen LogP contribution in [0, 0.1) is 0 Å². The van der Waals surface area contributed by atoms with Gasteiger partial charge in [0.05, 0.1) is 6.04 Å². The molecule has 1 fully saturated rings. The van der Waals surface area contributed by atoms with Gasteiger partial charge in [-0.1, -0.05) is 30.3 Å². The number of aromatic nitrogens is 1. The highest BCUT2D eigenvalue weighted by molar-refractivity contribution is 9.10. The molecule has 110 valence electrons. The molecule has 1 unspecified atom stereocenters. The minimum atomic E-state index is -3.52. The molecule has 0 bridgehead atoms. The summed E-state index contributed by atoms with van der Waals surface area (Å²) >= 11 is 3.28. The van der Waals surface area contributed by atoms with Gasteiger partial charge in [0, 0.05) is 23.4 Å². The van der Waals surface area contributed by atoms with Gasteiger partial charge in [0.1, 0.15) is 4.90 Å². The van der Waals surface area contributed by atoms with Crippen LogP contribution in [0.25, 0.3) is 0 Å². The Morgan fingerprint density at radius 1 is 1.19 bits per heavy atom. The Morgan fingerprint density at radius 2 is 1.95 bits per heavy atom. The maximum atomic E-state index is 12.8. The van der Waals surface area contributed by atoms with Crippen LogP contribution in [0.15, 0.2) is 58.2 Å². The van der Waals surface area contributed by atoms with Crippen LogP contribution in [0.2, 0.25) is 0 Å². The molecule has 1 aromatic heterocycles. The molecule has 6 heteroatoms. The van der Waals surface area contributed by atoms with Crippen molar-refractivity contribution in [1.29, 1.82) is 0 Å². The summed E-state index contributed by atoms with van der Waals surface area (Å²) in [6.07, 6.45) is 4.71. The van der Waals surface area contributed by atoms with Gasteiger partial charge in [0.15, 0.2) is 0 Å². The molecule has 0 aliphatic carbocycles. The van der Waals surface area contributed by atoms with Gasteiger partial charge in [-0.15, -0.1) is 0 Å². The molecule has 1 aliphatic heterocycles. The summed E-state index contributed by atoms with van der Waals surface area (Å²) in [5.74, 6) is 0. The molecule has 4 nitrogen and oxygen atoms in total. The lowest BCUT2D eigenvalue weighted by Crippen LogP contribution is -2.30. The highest BCUT2D eigenvalue weighted by Crippen LogP contribution is 2.36. The second-order valence-corrected chi connectivity index (χ2v) is 7.83. The van der Waals surface area contributed by atoms with Gasteiger partial charge >= 0.3 is 0 Å².